The van der Waals surface area contributed by atoms with E-state index in [-0.39, 0.29) is 5.91 Å². The van der Waals surface area contributed by atoms with Crippen molar-refractivity contribution < 1.29 is 18.8 Å². The summed E-state index contributed by atoms with van der Waals surface area (Å²) >= 11 is 6.24. The molecule has 8 heteroatoms. The van der Waals surface area contributed by atoms with Gasteiger partial charge in [0.2, 0.25) is 0 Å². The second kappa shape index (κ2) is 6.49. The molecule has 0 fully saturated rings. The van der Waals surface area contributed by atoms with Gasteiger partial charge in [-0.05, 0) is 37.6 Å². The van der Waals surface area contributed by atoms with Gasteiger partial charge in [0, 0.05) is 12.2 Å². The Balaban J connectivity index is 1.58. The van der Waals surface area contributed by atoms with E-state index in [4.69, 9.17) is 25.6 Å². The Morgan fingerprint density at radius 1 is 1.23 bits per heavy atom. The van der Waals surface area contributed by atoms with E-state index in [1.165, 1.54) is 0 Å². The third-order valence-electron chi connectivity index (χ3n) is 4.10. The van der Waals surface area contributed by atoms with Crippen LogP contribution < -0.4 is 14.8 Å². The van der Waals surface area contributed by atoms with E-state index in [1.54, 1.807) is 26.0 Å². The number of carbonyl (C=O) groups is 1. The van der Waals surface area contributed by atoms with Gasteiger partial charge in [-0.2, -0.15) is 0 Å². The van der Waals surface area contributed by atoms with Gasteiger partial charge < -0.3 is 19.3 Å². The molecular weight excluding hydrogens is 358 g/mol. The molecular formula is C18H16ClN3O4. The van der Waals surface area contributed by atoms with Crippen molar-refractivity contribution in [3.05, 3.63) is 45.7 Å². The summed E-state index contributed by atoms with van der Waals surface area (Å²) < 4.78 is 16.2. The number of hydrogen-bond donors (Lipinski definition) is 1. The average Bonchev–Trinajstić information content (AvgIpc) is 3.00. The largest absolute Gasteiger partial charge is 0.486 e. The summed E-state index contributed by atoms with van der Waals surface area (Å²) in [5, 5.41) is 7.87. The molecule has 0 radical (unpaired) electrons. The molecule has 134 valence electrons. The van der Waals surface area contributed by atoms with E-state index in [0.29, 0.717) is 64.3 Å². The van der Waals surface area contributed by atoms with Crippen LogP contribution in [0.3, 0.4) is 0 Å². The zero-order valence-electron chi connectivity index (χ0n) is 14.3. The van der Waals surface area contributed by atoms with E-state index < -0.39 is 0 Å². The maximum Gasteiger partial charge on any atom is 0.258 e. The lowest BCUT2D eigenvalue weighted by atomic mass is 10.1. The number of fused-ring (bicyclic) bond motifs is 2. The lowest BCUT2D eigenvalue weighted by Crippen LogP contribution is -2.23. The molecule has 0 aliphatic carbocycles. The molecule has 7 nitrogen and oxygen atoms in total. The van der Waals surface area contributed by atoms with Crippen molar-refractivity contribution in [3.8, 4) is 11.5 Å². The number of halogens is 1. The fourth-order valence-electron chi connectivity index (χ4n) is 2.94. The van der Waals surface area contributed by atoms with Crippen LogP contribution in [0.5, 0.6) is 11.5 Å². The number of hydrogen-bond acceptors (Lipinski definition) is 6. The van der Waals surface area contributed by atoms with Gasteiger partial charge in [0.05, 0.1) is 21.7 Å². The maximum atomic E-state index is 12.7. The molecule has 0 spiro atoms. The zero-order valence-corrected chi connectivity index (χ0v) is 15.0. The number of nitrogens with zero attached hydrogens (tertiary/aromatic N) is 2. The highest BCUT2D eigenvalue weighted by Crippen LogP contribution is 2.38. The van der Waals surface area contributed by atoms with Gasteiger partial charge in [-0.25, -0.2) is 4.98 Å². The van der Waals surface area contributed by atoms with Crippen LogP contribution in [0, 0.1) is 13.8 Å². The van der Waals surface area contributed by atoms with E-state index in [1.807, 2.05) is 6.07 Å². The number of ether oxygens (including phenoxy) is 2. The second-order valence-corrected chi connectivity index (χ2v) is 6.45. The minimum absolute atomic E-state index is 0.238. The number of nitrogens with one attached hydrogen (secondary N) is 1. The molecule has 0 bridgehead atoms. The van der Waals surface area contributed by atoms with E-state index in [0.717, 1.165) is 5.56 Å². The molecule has 26 heavy (non-hydrogen) atoms. The third kappa shape index (κ3) is 2.94. The molecule has 2 aromatic heterocycles. The van der Waals surface area contributed by atoms with E-state index in [9.17, 15) is 4.79 Å². The molecule has 3 aromatic rings. The Bertz CT molecular complexity index is 1020. The van der Waals surface area contributed by atoms with Gasteiger partial charge in [0.15, 0.2) is 11.5 Å². The Kier molecular flexibility index (Phi) is 4.16. The predicted octanol–water partition coefficient (Wildman–Crippen LogP) is 3.19. The summed E-state index contributed by atoms with van der Waals surface area (Å²) in [5.74, 6) is 0.891. The van der Waals surface area contributed by atoms with Crippen LogP contribution in [0.25, 0.3) is 11.1 Å². The number of aryl methyl sites for hydroxylation is 2. The number of rotatable bonds is 3. The van der Waals surface area contributed by atoms with Crippen molar-refractivity contribution in [2.24, 2.45) is 0 Å². The van der Waals surface area contributed by atoms with Gasteiger partial charge in [0.25, 0.3) is 11.6 Å². The monoisotopic (exact) mass is 373 g/mol. The van der Waals surface area contributed by atoms with Crippen LogP contribution in [-0.2, 0) is 6.54 Å². The summed E-state index contributed by atoms with van der Waals surface area (Å²) in [6, 6.07) is 5.30. The fourth-order valence-corrected chi connectivity index (χ4v) is 3.23. The van der Waals surface area contributed by atoms with Crippen LogP contribution in [0.4, 0.5) is 0 Å². The molecule has 1 aliphatic heterocycles. The van der Waals surface area contributed by atoms with Gasteiger partial charge in [-0.1, -0.05) is 16.8 Å². The van der Waals surface area contributed by atoms with Gasteiger partial charge in [-0.3, -0.25) is 4.79 Å². The average molecular weight is 374 g/mol. The highest BCUT2D eigenvalue weighted by atomic mass is 35.5. The number of aromatic nitrogens is 2. The molecule has 1 aromatic carbocycles. The summed E-state index contributed by atoms with van der Waals surface area (Å²) in [6.45, 7) is 4.82. The smallest absolute Gasteiger partial charge is 0.258 e. The summed E-state index contributed by atoms with van der Waals surface area (Å²) in [7, 11) is 0. The first-order valence-electron chi connectivity index (χ1n) is 8.13. The first-order valence-corrected chi connectivity index (χ1v) is 8.50. The molecule has 3 heterocycles. The van der Waals surface area contributed by atoms with Gasteiger partial charge in [0.1, 0.15) is 13.2 Å². The van der Waals surface area contributed by atoms with E-state index in [2.05, 4.69) is 15.5 Å². The van der Waals surface area contributed by atoms with Crippen LogP contribution in [0.2, 0.25) is 5.02 Å². The third-order valence-corrected chi connectivity index (χ3v) is 4.38. The summed E-state index contributed by atoms with van der Waals surface area (Å²) in [5.41, 5.74) is 2.96. The molecule has 0 saturated heterocycles. The second-order valence-electron chi connectivity index (χ2n) is 6.04. The number of benzene rings is 1. The zero-order chi connectivity index (χ0) is 18.3. The van der Waals surface area contributed by atoms with Gasteiger partial charge >= 0.3 is 0 Å². The molecule has 0 atom stereocenters. The van der Waals surface area contributed by atoms with Crippen LogP contribution in [0.15, 0.2) is 22.7 Å². The minimum Gasteiger partial charge on any atom is -0.486 e. The van der Waals surface area contributed by atoms with Crippen molar-refractivity contribution in [2.45, 2.75) is 20.4 Å². The van der Waals surface area contributed by atoms with Crippen LogP contribution >= 0.6 is 11.6 Å². The Morgan fingerprint density at radius 3 is 2.88 bits per heavy atom. The summed E-state index contributed by atoms with van der Waals surface area (Å²) in [6.07, 6.45) is 0. The van der Waals surface area contributed by atoms with Crippen molar-refractivity contribution in [1.82, 2.24) is 15.5 Å². The molecule has 0 unspecified atom stereocenters. The van der Waals surface area contributed by atoms with Crippen molar-refractivity contribution >= 4 is 28.6 Å². The molecule has 0 saturated carbocycles. The lowest BCUT2D eigenvalue weighted by Gasteiger charge is -2.20. The minimum atomic E-state index is -0.238. The van der Waals surface area contributed by atoms with E-state index >= 15 is 0 Å². The predicted molar refractivity (Wildman–Crippen MR) is 94.9 cm³/mol. The Labute approximate surface area is 154 Å². The molecule has 1 amide bonds. The van der Waals surface area contributed by atoms with Gasteiger partial charge in [-0.15, -0.1) is 0 Å². The van der Waals surface area contributed by atoms with Crippen LogP contribution in [0.1, 0.15) is 27.3 Å². The summed E-state index contributed by atoms with van der Waals surface area (Å²) in [4.78, 5) is 17.0. The van der Waals surface area contributed by atoms with Crippen LogP contribution in [-0.4, -0.2) is 29.3 Å². The fraction of sp³-hybridized carbons (Fsp3) is 0.278. The topological polar surface area (TPSA) is 86.5 Å². The van der Waals surface area contributed by atoms with Crippen molar-refractivity contribution in [1.29, 1.82) is 0 Å². The number of pyridine rings is 1. The highest BCUT2D eigenvalue weighted by molar-refractivity contribution is 6.32. The van der Waals surface area contributed by atoms with Crippen molar-refractivity contribution in [3.63, 3.8) is 0 Å². The Hall–Kier alpha value is -2.80. The maximum absolute atomic E-state index is 12.7. The normalized spacial score (nSPS) is 13.0. The standard InChI is InChI=1S/C18H16ClN3O4/c1-9-5-12(15-10(2)22-26-18(15)21-9)17(23)20-8-11-6-13(19)16-14(7-11)24-3-4-25-16/h5-7H,3-4,8H2,1-2H3,(H,20,23). The SMILES string of the molecule is Cc1cc(C(=O)NCc2cc(Cl)c3c(c2)OCCO3)c2c(C)noc2n1. The number of carbonyl (C=O) groups excluding carboxylic acids is 1. The molecule has 4 rings (SSSR count). The lowest BCUT2D eigenvalue weighted by molar-refractivity contribution is 0.0952. The number of amides is 1. The Morgan fingerprint density at radius 2 is 2.04 bits per heavy atom. The first kappa shape index (κ1) is 16.7. The van der Waals surface area contributed by atoms with Crippen molar-refractivity contribution in [2.75, 3.05) is 13.2 Å². The molecule has 1 aliphatic rings. The first-order chi connectivity index (χ1) is 12.5. The highest BCUT2D eigenvalue weighted by Gasteiger charge is 2.19. The molecule has 1 N–H and O–H groups in total. The quantitative estimate of drug-likeness (QED) is 0.758.